The first-order valence-electron chi connectivity index (χ1n) is 7.87. The lowest BCUT2D eigenvalue weighted by Gasteiger charge is -2.16. The van der Waals surface area contributed by atoms with Gasteiger partial charge in [-0.3, -0.25) is 4.57 Å². The second kappa shape index (κ2) is 7.42. The predicted octanol–water partition coefficient (Wildman–Crippen LogP) is -1.21. The number of nitrogens with one attached hydrogen (secondary N) is 1. The second-order valence-corrected chi connectivity index (χ2v) is 5.86. The first kappa shape index (κ1) is 17.7. The van der Waals surface area contributed by atoms with Crippen molar-refractivity contribution < 1.29 is 25.2 Å². The monoisotopic (exact) mass is 351 g/mol. The van der Waals surface area contributed by atoms with Crippen molar-refractivity contribution in [2.75, 3.05) is 25.1 Å². The van der Waals surface area contributed by atoms with Crippen molar-refractivity contribution in [1.29, 1.82) is 0 Å². The third kappa shape index (κ3) is 3.34. The zero-order valence-electron chi connectivity index (χ0n) is 13.6. The molecule has 10 heteroatoms. The van der Waals surface area contributed by atoms with Gasteiger partial charge in [0.25, 0.3) is 0 Å². The molecule has 1 aliphatic rings. The number of aromatic nitrogens is 4. The fraction of sp³-hybridized carbons (Fsp3) is 0.533. The molecule has 1 saturated heterocycles. The number of anilines is 1. The van der Waals surface area contributed by atoms with E-state index in [2.05, 4.69) is 20.3 Å². The molecule has 4 atom stereocenters. The first-order valence-corrected chi connectivity index (χ1v) is 7.87. The lowest BCUT2D eigenvalue weighted by Crippen LogP contribution is -2.33. The standard InChI is InChI=1S/C15H21N5O5/c1-8(4-21)2-3-16-13-10-14(18-6-17-13)20(7-19-10)15-12(24)11(23)9(5-22)25-15/h2,6-7,9,11-12,15,21-24H,3-5H2,1H3,(H,16,17,18)/t9-,11?,12?,15-/m1/s1. The van der Waals surface area contributed by atoms with Gasteiger partial charge in [-0.15, -0.1) is 0 Å². The Morgan fingerprint density at radius 1 is 1.28 bits per heavy atom. The number of aliphatic hydroxyl groups is 4. The molecule has 10 nitrogen and oxygen atoms in total. The van der Waals surface area contributed by atoms with E-state index in [1.54, 1.807) is 0 Å². The lowest BCUT2D eigenvalue weighted by molar-refractivity contribution is -0.0511. The number of nitrogens with zero attached hydrogens (tertiary/aromatic N) is 4. The lowest BCUT2D eigenvalue weighted by atomic mass is 10.1. The molecule has 25 heavy (non-hydrogen) atoms. The van der Waals surface area contributed by atoms with Gasteiger partial charge in [-0.05, 0) is 6.92 Å². The van der Waals surface area contributed by atoms with Crippen molar-refractivity contribution in [2.45, 2.75) is 31.5 Å². The Morgan fingerprint density at radius 3 is 2.76 bits per heavy atom. The summed E-state index contributed by atoms with van der Waals surface area (Å²) in [5.41, 5.74) is 1.74. The minimum Gasteiger partial charge on any atom is -0.394 e. The van der Waals surface area contributed by atoms with Gasteiger partial charge in [0.15, 0.2) is 23.2 Å². The van der Waals surface area contributed by atoms with E-state index in [0.717, 1.165) is 5.57 Å². The van der Waals surface area contributed by atoms with Gasteiger partial charge in [0.2, 0.25) is 0 Å². The van der Waals surface area contributed by atoms with Crippen LogP contribution in [0.15, 0.2) is 24.3 Å². The van der Waals surface area contributed by atoms with E-state index in [0.29, 0.717) is 23.5 Å². The number of hydrogen-bond donors (Lipinski definition) is 5. The Morgan fingerprint density at radius 2 is 2.08 bits per heavy atom. The number of hydrogen-bond acceptors (Lipinski definition) is 9. The molecule has 2 aromatic rings. The van der Waals surface area contributed by atoms with Crippen molar-refractivity contribution in [3.8, 4) is 0 Å². The van der Waals surface area contributed by atoms with Gasteiger partial charge >= 0.3 is 0 Å². The summed E-state index contributed by atoms with van der Waals surface area (Å²) in [5, 5.41) is 41.4. The van der Waals surface area contributed by atoms with Crippen molar-refractivity contribution in [3.63, 3.8) is 0 Å². The molecule has 0 aliphatic carbocycles. The van der Waals surface area contributed by atoms with Crippen LogP contribution in [0.2, 0.25) is 0 Å². The van der Waals surface area contributed by atoms with Gasteiger partial charge in [-0.1, -0.05) is 11.6 Å². The molecular formula is C15H21N5O5. The van der Waals surface area contributed by atoms with Gasteiger partial charge in [0.05, 0.1) is 19.5 Å². The quantitative estimate of drug-likeness (QED) is 0.404. The van der Waals surface area contributed by atoms with Gasteiger partial charge in [-0.2, -0.15) is 0 Å². The Kier molecular flexibility index (Phi) is 5.25. The Hall–Kier alpha value is -2.11. The maximum atomic E-state index is 10.2. The topological polar surface area (TPSA) is 146 Å². The maximum absolute atomic E-state index is 10.2. The molecule has 3 rings (SSSR count). The Bertz CT molecular complexity index is 764. The second-order valence-electron chi connectivity index (χ2n) is 5.86. The maximum Gasteiger partial charge on any atom is 0.167 e. The smallest absolute Gasteiger partial charge is 0.167 e. The number of fused-ring (bicyclic) bond motifs is 1. The highest BCUT2D eigenvalue weighted by atomic mass is 16.6. The molecule has 2 unspecified atom stereocenters. The predicted molar refractivity (Wildman–Crippen MR) is 87.7 cm³/mol. The molecule has 3 heterocycles. The third-order valence-corrected chi connectivity index (χ3v) is 4.12. The van der Waals surface area contributed by atoms with Gasteiger partial charge in [0, 0.05) is 6.54 Å². The summed E-state index contributed by atoms with van der Waals surface area (Å²) in [6.07, 6.45) is 0.443. The van der Waals surface area contributed by atoms with E-state index in [1.165, 1.54) is 17.2 Å². The zero-order valence-corrected chi connectivity index (χ0v) is 13.6. The molecule has 5 N–H and O–H groups in total. The fourth-order valence-corrected chi connectivity index (χ4v) is 2.66. The summed E-state index contributed by atoms with van der Waals surface area (Å²) in [6, 6.07) is 0. The van der Waals surface area contributed by atoms with Crippen LogP contribution in [0.1, 0.15) is 13.2 Å². The largest absolute Gasteiger partial charge is 0.394 e. The molecule has 0 amide bonds. The van der Waals surface area contributed by atoms with Crippen molar-refractivity contribution >= 4 is 17.0 Å². The van der Waals surface area contributed by atoms with Crippen LogP contribution in [0.3, 0.4) is 0 Å². The summed E-state index contributed by atoms with van der Waals surface area (Å²) in [7, 11) is 0. The van der Waals surface area contributed by atoms with Crippen LogP contribution >= 0.6 is 0 Å². The molecular weight excluding hydrogens is 330 g/mol. The highest BCUT2D eigenvalue weighted by Gasteiger charge is 2.44. The summed E-state index contributed by atoms with van der Waals surface area (Å²) >= 11 is 0. The number of imidazole rings is 1. The molecule has 1 aliphatic heterocycles. The van der Waals surface area contributed by atoms with Gasteiger partial charge < -0.3 is 30.5 Å². The Balaban J connectivity index is 1.86. The zero-order chi connectivity index (χ0) is 18.0. The van der Waals surface area contributed by atoms with E-state index in [9.17, 15) is 15.3 Å². The van der Waals surface area contributed by atoms with Crippen molar-refractivity contribution in [3.05, 3.63) is 24.3 Å². The minimum absolute atomic E-state index is 0.0131. The molecule has 1 fully saturated rings. The first-order chi connectivity index (χ1) is 12.1. The van der Waals surface area contributed by atoms with Gasteiger partial charge in [-0.25, -0.2) is 15.0 Å². The average Bonchev–Trinajstić information content (AvgIpc) is 3.17. The molecule has 0 bridgehead atoms. The van der Waals surface area contributed by atoms with Crippen molar-refractivity contribution in [2.24, 2.45) is 0 Å². The molecule has 0 radical (unpaired) electrons. The average molecular weight is 351 g/mol. The molecule has 0 saturated carbocycles. The highest BCUT2D eigenvalue weighted by molar-refractivity contribution is 5.82. The van der Waals surface area contributed by atoms with Crippen LogP contribution in [0.4, 0.5) is 5.82 Å². The van der Waals surface area contributed by atoms with E-state index in [1.807, 2.05) is 13.0 Å². The number of aliphatic hydroxyl groups excluding tert-OH is 4. The normalized spacial score (nSPS) is 27.2. The van der Waals surface area contributed by atoms with Crippen LogP contribution < -0.4 is 5.32 Å². The number of ether oxygens (including phenoxy) is 1. The molecule has 2 aromatic heterocycles. The molecule has 0 aromatic carbocycles. The highest BCUT2D eigenvalue weighted by Crippen LogP contribution is 2.31. The van der Waals surface area contributed by atoms with E-state index in [4.69, 9.17) is 9.84 Å². The van der Waals surface area contributed by atoms with Crippen LogP contribution in [0.5, 0.6) is 0 Å². The molecule has 136 valence electrons. The minimum atomic E-state index is -1.21. The summed E-state index contributed by atoms with van der Waals surface area (Å²) in [5.74, 6) is 0.498. The van der Waals surface area contributed by atoms with E-state index in [-0.39, 0.29) is 6.61 Å². The Labute approximate surface area is 143 Å². The van der Waals surface area contributed by atoms with Crippen molar-refractivity contribution in [1.82, 2.24) is 19.5 Å². The number of rotatable bonds is 6. The van der Waals surface area contributed by atoms with E-state index >= 15 is 0 Å². The molecule has 0 spiro atoms. The SMILES string of the molecule is CC(=CCNc1ncnc2c1ncn2[C@@H]1O[C@H](CO)C(O)C1O)CO. The van der Waals surface area contributed by atoms with Crippen LogP contribution in [0, 0.1) is 0 Å². The van der Waals surface area contributed by atoms with Crippen LogP contribution in [-0.4, -0.2) is 78.0 Å². The van der Waals surface area contributed by atoms with Gasteiger partial charge in [0.1, 0.15) is 24.6 Å². The fourth-order valence-electron chi connectivity index (χ4n) is 2.66. The van der Waals surface area contributed by atoms with E-state index < -0.39 is 31.1 Å². The van der Waals surface area contributed by atoms with Crippen LogP contribution in [0.25, 0.3) is 11.2 Å². The summed E-state index contributed by atoms with van der Waals surface area (Å²) in [6.45, 7) is 1.85. The summed E-state index contributed by atoms with van der Waals surface area (Å²) in [4.78, 5) is 12.6. The third-order valence-electron chi connectivity index (χ3n) is 4.12. The summed E-state index contributed by atoms with van der Waals surface area (Å²) < 4.78 is 7.01. The van der Waals surface area contributed by atoms with Crippen LogP contribution in [-0.2, 0) is 4.74 Å².